The number of nitrogen functional groups attached to an aromatic ring is 1. The highest BCUT2D eigenvalue weighted by Gasteiger charge is 2.11. The number of aryl methyl sites for hydroxylation is 1. The molecule has 7 nitrogen and oxygen atoms in total. The lowest BCUT2D eigenvalue weighted by molar-refractivity contribution is 0.0698. The molecule has 0 aliphatic rings. The summed E-state index contributed by atoms with van der Waals surface area (Å²) in [5.41, 5.74) is 6.64. The fourth-order valence-electron chi connectivity index (χ4n) is 1.55. The Labute approximate surface area is 103 Å². The molecule has 0 bridgehead atoms. The number of aromatic carboxylic acids is 1. The summed E-state index contributed by atoms with van der Waals surface area (Å²) < 4.78 is 1.77. The SMILES string of the molecule is Cn1cnnc1CNc1cccc(C(=O)O)c1N. The number of nitrogens with zero attached hydrogens (tertiary/aromatic N) is 3. The third-order valence-corrected chi connectivity index (χ3v) is 2.58. The molecule has 2 rings (SSSR count). The third kappa shape index (κ3) is 2.24. The number of aromatic nitrogens is 3. The van der Waals surface area contributed by atoms with Crippen molar-refractivity contribution in [3.05, 3.63) is 35.9 Å². The van der Waals surface area contributed by atoms with Crippen molar-refractivity contribution in [3.63, 3.8) is 0 Å². The van der Waals surface area contributed by atoms with Crippen LogP contribution in [-0.4, -0.2) is 25.8 Å². The molecule has 0 fully saturated rings. The van der Waals surface area contributed by atoms with E-state index < -0.39 is 5.97 Å². The molecule has 0 aliphatic carbocycles. The summed E-state index contributed by atoms with van der Waals surface area (Å²) in [6.45, 7) is 0.420. The summed E-state index contributed by atoms with van der Waals surface area (Å²) in [6, 6.07) is 4.82. The number of hydrogen-bond acceptors (Lipinski definition) is 5. The summed E-state index contributed by atoms with van der Waals surface area (Å²) in [5.74, 6) is -0.315. The minimum Gasteiger partial charge on any atom is -0.478 e. The number of rotatable bonds is 4. The Hall–Kier alpha value is -2.57. The lowest BCUT2D eigenvalue weighted by Gasteiger charge is -2.10. The van der Waals surface area contributed by atoms with Gasteiger partial charge in [0.05, 0.1) is 23.5 Å². The number of nitrogens with two attached hydrogens (primary N) is 1. The normalized spacial score (nSPS) is 10.3. The molecule has 0 atom stereocenters. The van der Waals surface area contributed by atoms with Gasteiger partial charge in [0.15, 0.2) is 5.82 Å². The maximum Gasteiger partial charge on any atom is 0.337 e. The van der Waals surface area contributed by atoms with Gasteiger partial charge in [-0.25, -0.2) is 4.79 Å². The number of carbonyl (C=O) groups is 1. The molecule has 0 saturated carbocycles. The van der Waals surface area contributed by atoms with Gasteiger partial charge in [-0.1, -0.05) is 6.07 Å². The van der Waals surface area contributed by atoms with Gasteiger partial charge in [0.2, 0.25) is 0 Å². The molecule has 94 valence electrons. The standard InChI is InChI=1S/C11H13N5O2/c1-16-6-14-15-9(16)5-13-8-4-2-3-7(10(8)12)11(17)18/h2-4,6,13H,5,12H2,1H3,(H,17,18). The number of anilines is 2. The zero-order chi connectivity index (χ0) is 13.1. The first-order valence-corrected chi connectivity index (χ1v) is 5.28. The molecular formula is C11H13N5O2. The minimum absolute atomic E-state index is 0.0814. The molecule has 0 spiro atoms. The molecule has 0 amide bonds. The molecule has 7 heteroatoms. The summed E-state index contributed by atoms with van der Waals surface area (Å²) >= 11 is 0. The molecule has 4 N–H and O–H groups in total. The van der Waals surface area contributed by atoms with E-state index in [0.717, 1.165) is 5.82 Å². The molecule has 2 aromatic rings. The molecule has 1 aromatic carbocycles. The molecular weight excluding hydrogens is 234 g/mol. The average Bonchev–Trinajstić information content (AvgIpc) is 2.73. The van der Waals surface area contributed by atoms with E-state index in [1.807, 2.05) is 7.05 Å². The Kier molecular flexibility index (Phi) is 3.13. The van der Waals surface area contributed by atoms with E-state index in [1.54, 1.807) is 23.0 Å². The molecule has 1 heterocycles. The second-order valence-electron chi connectivity index (χ2n) is 3.78. The van der Waals surface area contributed by atoms with E-state index in [1.165, 1.54) is 6.07 Å². The van der Waals surface area contributed by atoms with Crippen LogP contribution in [0.15, 0.2) is 24.5 Å². The second kappa shape index (κ2) is 4.74. The number of carboxylic acids is 1. The first-order valence-electron chi connectivity index (χ1n) is 5.28. The van der Waals surface area contributed by atoms with Crippen molar-refractivity contribution in [1.29, 1.82) is 0 Å². The van der Waals surface area contributed by atoms with Crippen molar-refractivity contribution in [2.24, 2.45) is 7.05 Å². The van der Waals surface area contributed by atoms with E-state index in [0.29, 0.717) is 12.2 Å². The molecule has 0 radical (unpaired) electrons. The highest BCUT2D eigenvalue weighted by Crippen LogP contribution is 2.23. The zero-order valence-corrected chi connectivity index (χ0v) is 9.79. The fourth-order valence-corrected chi connectivity index (χ4v) is 1.55. The Bertz CT molecular complexity index is 579. The first kappa shape index (κ1) is 11.9. The van der Waals surface area contributed by atoms with Gasteiger partial charge >= 0.3 is 5.97 Å². The van der Waals surface area contributed by atoms with Crippen LogP contribution in [0.4, 0.5) is 11.4 Å². The largest absolute Gasteiger partial charge is 0.478 e. The summed E-state index contributed by atoms with van der Waals surface area (Å²) in [6.07, 6.45) is 1.59. The van der Waals surface area contributed by atoms with Gasteiger partial charge in [-0.2, -0.15) is 0 Å². The average molecular weight is 247 g/mol. The van der Waals surface area contributed by atoms with Crippen molar-refractivity contribution in [2.45, 2.75) is 6.54 Å². The lowest BCUT2D eigenvalue weighted by Crippen LogP contribution is -2.10. The van der Waals surface area contributed by atoms with Gasteiger partial charge in [-0.3, -0.25) is 0 Å². The first-order chi connectivity index (χ1) is 8.59. The van der Waals surface area contributed by atoms with E-state index >= 15 is 0 Å². The zero-order valence-electron chi connectivity index (χ0n) is 9.79. The lowest BCUT2D eigenvalue weighted by atomic mass is 10.1. The minimum atomic E-state index is -1.05. The van der Waals surface area contributed by atoms with Gasteiger partial charge in [0, 0.05) is 7.05 Å². The molecule has 0 saturated heterocycles. The number of hydrogen-bond donors (Lipinski definition) is 3. The van der Waals surface area contributed by atoms with Crippen LogP contribution in [0.1, 0.15) is 16.2 Å². The van der Waals surface area contributed by atoms with Gasteiger partial charge in [-0.05, 0) is 12.1 Å². The van der Waals surface area contributed by atoms with Gasteiger partial charge in [0.1, 0.15) is 6.33 Å². The van der Waals surface area contributed by atoms with Crippen LogP contribution in [0.2, 0.25) is 0 Å². The molecule has 0 aliphatic heterocycles. The highest BCUT2D eigenvalue weighted by atomic mass is 16.4. The number of para-hydroxylation sites is 1. The van der Waals surface area contributed by atoms with Crippen LogP contribution in [0.25, 0.3) is 0 Å². The van der Waals surface area contributed by atoms with Crippen LogP contribution in [0, 0.1) is 0 Å². The molecule has 18 heavy (non-hydrogen) atoms. The van der Waals surface area contributed by atoms with Crippen LogP contribution < -0.4 is 11.1 Å². The summed E-state index contributed by atoms with van der Waals surface area (Å²) in [5, 5.41) is 19.7. The number of carboxylic acid groups (broad SMARTS) is 1. The highest BCUT2D eigenvalue weighted by molar-refractivity contribution is 5.97. The summed E-state index contributed by atoms with van der Waals surface area (Å²) in [7, 11) is 1.83. The van der Waals surface area contributed by atoms with Crippen molar-refractivity contribution in [2.75, 3.05) is 11.1 Å². The Morgan fingerprint density at radius 2 is 2.33 bits per heavy atom. The Morgan fingerprint density at radius 3 is 2.94 bits per heavy atom. The number of benzene rings is 1. The van der Waals surface area contributed by atoms with Crippen LogP contribution >= 0.6 is 0 Å². The van der Waals surface area contributed by atoms with Crippen LogP contribution in [0.3, 0.4) is 0 Å². The molecule has 1 aromatic heterocycles. The predicted molar refractivity (Wildman–Crippen MR) is 66.1 cm³/mol. The van der Waals surface area contributed by atoms with Gasteiger partial charge in [0.25, 0.3) is 0 Å². The van der Waals surface area contributed by atoms with Crippen molar-refractivity contribution in [3.8, 4) is 0 Å². The Balaban J connectivity index is 2.17. The van der Waals surface area contributed by atoms with E-state index in [-0.39, 0.29) is 11.3 Å². The van der Waals surface area contributed by atoms with E-state index in [9.17, 15) is 4.79 Å². The van der Waals surface area contributed by atoms with Gasteiger partial charge < -0.3 is 20.7 Å². The van der Waals surface area contributed by atoms with E-state index in [4.69, 9.17) is 10.8 Å². The third-order valence-electron chi connectivity index (χ3n) is 2.58. The topological polar surface area (TPSA) is 106 Å². The van der Waals surface area contributed by atoms with E-state index in [2.05, 4.69) is 15.5 Å². The smallest absolute Gasteiger partial charge is 0.337 e. The van der Waals surface area contributed by atoms with Crippen LogP contribution in [0.5, 0.6) is 0 Å². The summed E-state index contributed by atoms with van der Waals surface area (Å²) in [4.78, 5) is 10.9. The number of nitrogens with one attached hydrogen (secondary N) is 1. The van der Waals surface area contributed by atoms with Crippen molar-refractivity contribution >= 4 is 17.3 Å². The monoisotopic (exact) mass is 247 g/mol. The Morgan fingerprint density at radius 1 is 1.56 bits per heavy atom. The quantitative estimate of drug-likeness (QED) is 0.687. The maximum atomic E-state index is 10.9. The van der Waals surface area contributed by atoms with Crippen molar-refractivity contribution < 1.29 is 9.90 Å². The van der Waals surface area contributed by atoms with Crippen molar-refractivity contribution in [1.82, 2.24) is 14.8 Å². The molecule has 0 unspecified atom stereocenters. The van der Waals surface area contributed by atoms with Gasteiger partial charge in [-0.15, -0.1) is 10.2 Å². The predicted octanol–water partition coefficient (Wildman–Crippen LogP) is 0.708. The van der Waals surface area contributed by atoms with Crippen LogP contribution in [-0.2, 0) is 13.6 Å². The fraction of sp³-hybridized carbons (Fsp3) is 0.182. The maximum absolute atomic E-state index is 10.9. The second-order valence-corrected chi connectivity index (χ2v) is 3.78.